The number of hydrogen-bond donors (Lipinski definition) is 0. The van der Waals surface area contributed by atoms with Crippen molar-refractivity contribution in [3.8, 4) is 5.88 Å². The number of piperidine rings is 1. The average Bonchev–Trinajstić information content (AvgIpc) is 3.23. The van der Waals surface area contributed by atoms with Crippen LogP contribution in [0.3, 0.4) is 0 Å². The fourth-order valence-electron chi connectivity index (χ4n) is 2.63. The van der Waals surface area contributed by atoms with Gasteiger partial charge in [0, 0.05) is 25.2 Å². The first-order chi connectivity index (χ1) is 9.70. The van der Waals surface area contributed by atoms with Crippen LogP contribution in [0.15, 0.2) is 12.3 Å². The molecule has 1 aliphatic carbocycles. The van der Waals surface area contributed by atoms with Crippen LogP contribution in [0, 0.1) is 12.8 Å². The summed E-state index contributed by atoms with van der Waals surface area (Å²) in [6, 6.07) is 1.78. The third-order valence-electron chi connectivity index (χ3n) is 3.93. The predicted octanol–water partition coefficient (Wildman–Crippen LogP) is 1.95. The topological polar surface area (TPSA) is 55.3 Å². The van der Waals surface area contributed by atoms with Crippen molar-refractivity contribution in [2.45, 2.75) is 45.1 Å². The van der Waals surface area contributed by atoms with Crippen LogP contribution in [0.25, 0.3) is 0 Å². The van der Waals surface area contributed by atoms with E-state index < -0.39 is 0 Å². The lowest BCUT2D eigenvalue weighted by Gasteiger charge is -2.32. The van der Waals surface area contributed by atoms with Crippen LogP contribution in [0.1, 0.15) is 37.9 Å². The molecule has 1 aromatic heterocycles. The van der Waals surface area contributed by atoms with E-state index in [-0.39, 0.29) is 6.10 Å². The summed E-state index contributed by atoms with van der Waals surface area (Å²) >= 11 is 0. The van der Waals surface area contributed by atoms with Gasteiger partial charge in [0.15, 0.2) is 0 Å². The van der Waals surface area contributed by atoms with Crippen LogP contribution in [0.5, 0.6) is 5.88 Å². The highest BCUT2D eigenvalue weighted by atomic mass is 16.5. The van der Waals surface area contributed by atoms with Gasteiger partial charge >= 0.3 is 0 Å². The third-order valence-corrected chi connectivity index (χ3v) is 3.93. The Kier molecular flexibility index (Phi) is 3.85. The SMILES string of the molecule is Cc1nccc(O[C@H]2CCCN(C(=O)CC3CC3)C2)n1. The summed E-state index contributed by atoms with van der Waals surface area (Å²) in [6.07, 6.45) is 6.91. The first-order valence-electron chi connectivity index (χ1n) is 7.45. The molecule has 0 spiro atoms. The molecule has 20 heavy (non-hydrogen) atoms. The molecule has 2 aliphatic rings. The third kappa shape index (κ3) is 3.46. The van der Waals surface area contributed by atoms with E-state index in [0.29, 0.717) is 30.1 Å². The van der Waals surface area contributed by atoms with Gasteiger partial charge in [0.25, 0.3) is 0 Å². The zero-order chi connectivity index (χ0) is 13.9. The highest BCUT2D eigenvalue weighted by molar-refractivity contribution is 5.76. The number of ether oxygens (including phenoxy) is 1. The van der Waals surface area contributed by atoms with E-state index in [2.05, 4.69) is 9.97 Å². The maximum Gasteiger partial charge on any atom is 0.222 e. The summed E-state index contributed by atoms with van der Waals surface area (Å²) < 4.78 is 5.89. The van der Waals surface area contributed by atoms with E-state index in [1.54, 1.807) is 12.3 Å². The Morgan fingerprint density at radius 2 is 2.30 bits per heavy atom. The van der Waals surface area contributed by atoms with E-state index in [1.165, 1.54) is 12.8 Å². The minimum Gasteiger partial charge on any atom is -0.472 e. The van der Waals surface area contributed by atoms with Gasteiger partial charge in [0.2, 0.25) is 11.8 Å². The molecule has 108 valence electrons. The Hall–Kier alpha value is -1.65. The molecule has 2 heterocycles. The van der Waals surface area contributed by atoms with Gasteiger partial charge in [-0.25, -0.2) is 4.98 Å². The van der Waals surface area contributed by atoms with Crippen LogP contribution >= 0.6 is 0 Å². The number of rotatable bonds is 4. The molecule has 1 atom stereocenters. The molecule has 1 saturated carbocycles. The summed E-state index contributed by atoms with van der Waals surface area (Å²) in [4.78, 5) is 22.4. The molecule has 0 N–H and O–H groups in total. The fourth-order valence-corrected chi connectivity index (χ4v) is 2.63. The minimum absolute atomic E-state index is 0.0567. The van der Waals surface area contributed by atoms with Crippen LogP contribution < -0.4 is 4.74 Å². The lowest BCUT2D eigenvalue weighted by molar-refractivity contribution is -0.134. The van der Waals surface area contributed by atoms with Crippen molar-refractivity contribution in [1.82, 2.24) is 14.9 Å². The smallest absolute Gasteiger partial charge is 0.222 e. The summed E-state index contributed by atoms with van der Waals surface area (Å²) in [7, 11) is 0. The van der Waals surface area contributed by atoms with Crippen LogP contribution in [-0.4, -0.2) is 40.0 Å². The number of aromatic nitrogens is 2. The van der Waals surface area contributed by atoms with E-state index >= 15 is 0 Å². The summed E-state index contributed by atoms with van der Waals surface area (Å²) in [5, 5.41) is 0. The zero-order valence-corrected chi connectivity index (χ0v) is 11.9. The highest BCUT2D eigenvalue weighted by Gasteiger charge is 2.30. The van der Waals surface area contributed by atoms with Gasteiger partial charge in [0.05, 0.1) is 6.54 Å². The van der Waals surface area contributed by atoms with Gasteiger partial charge in [-0.3, -0.25) is 4.79 Å². The first-order valence-corrected chi connectivity index (χ1v) is 7.45. The maximum atomic E-state index is 12.1. The molecule has 1 aliphatic heterocycles. The second kappa shape index (κ2) is 5.77. The van der Waals surface area contributed by atoms with E-state index in [4.69, 9.17) is 4.74 Å². The van der Waals surface area contributed by atoms with Gasteiger partial charge in [-0.1, -0.05) is 0 Å². The van der Waals surface area contributed by atoms with Gasteiger partial charge < -0.3 is 9.64 Å². The number of carbonyl (C=O) groups is 1. The molecule has 2 fully saturated rings. The number of nitrogens with zero attached hydrogens (tertiary/aromatic N) is 3. The zero-order valence-electron chi connectivity index (χ0n) is 11.9. The van der Waals surface area contributed by atoms with E-state index in [0.717, 1.165) is 25.8 Å². The highest BCUT2D eigenvalue weighted by Crippen LogP contribution is 2.33. The van der Waals surface area contributed by atoms with Crippen molar-refractivity contribution < 1.29 is 9.53 Å². The van der Waals surface area contributed by atoms with Gasteiger partial charge in [-0.15, -0.1) is 0 Å². The fraction of sp³-hybridized carbons (Fsp3) is 0.667. The second-order valence-corrected chi connectivity index (χ2v) is 5.81. The monoisotopic (exact) mass is 275 g/mol. The normalized spacial score (nSPS) is 22.6. The van der Waals surface area contributed by atoms with Crippen molar-refractivity contribution in [2.24, 2.45) is 5.92 Å². The number of amides is 1. The number of hydrogen-bond acceptors (Lipinski definition) is 4. The number of likely N-dealkylation sites (tertiary alicyclic amines) is 1. The Labute approximate surface area is 119 Å². The summed E-state index contributed by atoms with van der Waals surface area (Å²) in [5.41, 5.74) is 0. The van der Waals surface area contributed by atoms with Crippen molar-refractivity contribution in [3.63, 3.8) is 0 Å². The van der Waals surface area contributed by atoms with Crippen molar-refractivity contribution in [1.29, 1.82) is 0 Å². The van der Waals surface area contributed by atoms with Gasteiger partial charge in [-0.05, 0) is 38.5 Å². The number of carbonyl (C=O) groups excluding carboxylic acids is 1. The maximum absolute atomic E-state index is 12.1. The van der Waals surface area contributed by atoms with Crippen LogP contribution in [0.2, 0.25) is 0 Å². The molecule has 0 bridgehead atoms. The molecule has 0 aromatic carbocycles. The molecule has 5 heteroatoms. The lowest BCUT2D eigenvalue weighted by atomic mass is 10.1. The molecule has 1 aromatic rings. The summed E-state index contributed by atoms with van der Waals surface area (Å²) in [5.74, 6) is 2.26. The predicted molar refractivity (Wildman–Crippen MR) is 74.3 cm³/mol. The minimum atomic E-state index is 0.0567. The standard InChI is InChI=1S/C15H21N3O2/c1-11-16-7-6-14(17-11)20-13-3-2-8-18(10-13)15(19)9-12-4-5-12/h6-7,12-13H,2-5,8-10H2,1H3/t13-/m0/s1. The second-order valence-electron chi connectivity index (χ2n) is 5.81. The van der Waals surface area contributed by atoms with Gasteiger partial charge in [0.1, 0.15) is 11.9 Å². The molecule has 5 nitrogen and oxygen atoms in total. The lowest BCUT2D eigenvalue weighted by Crippen LogP contribution is -2.44. The van der Waals surface area contributed by atoms with Crippen molar-refractivity contribution >= 4 is 5.91 Å². The first kappa shape index (κ1) is 13.3. The molecule has 0 unspecified atom stereocenters. The Balaban J connectivity index is 1.55. The largest absolute Gasteiger partial charge is 0.472 e. The molecule has 3 rings (SSSR count). The number of aryl methyl sites for hydroxylation is 1. The summed E-state index contributed by atoms with van der Waals surface area (Å²) in [6.45, 7) is 3.40. The Morgan fingerprint density at radius 3 is 3.05 bits per heavy atom. The molecule has 0 radical (unpaired) electrons. The Morgan fingerprint density at radius 1 is 1.45 bits per heavy atom. The van der Waals surface area contributed by atoms with Crippen molar-refractivity contribution in [2.75, 3.05) is 13.1 Å². The average molecular weight is 275 g/mol. The van der Waals surface area contributed by atoms with Crippen molar-refractivity contribution in [3.05, 3.63) is 18.1 Å². The van der Waals surface area contributed by atoms with Crippen LogP contribution in [0.4, 0.5) is 0 Å². The molecule has 1 saturated heterocycles. The quantitative estimate of drug-likeness (QED) is 0.843. The molecular formula is C15H21N3O2. The molecular weight excluding hydrogens is 254 g/mol. The van der Waals surface area contributed by atoms with Crippen LogP contribution in [-0.2, 0) is 4.79 Å². The molecule has 1 amide bonds. The van der Waals surface area contributed by atoms with Gasteiger partial charge in [-0.2, -0.15) is 4.98 Å². The Bertz CT molecular complexity index is 488. The van der Waals surface area contributed by atoms with E-state index in [1.807, 2.05) is 11.8 Å². The van der Waals surface area contributed by atoms with E-state index in [9.17, 15) is 4.79 Å².